The van der Waals surface area contributed by atoms with Crippen molar-refractivity contribution in [1.82, 2.24) is 10.3 Å². The van der Waals surface area contributed by atoms with Gasteiger partial charge in [-0.3, -0.25) is 0 Å². The van der Waals surface area contributed by atoms with E-state index in [2.05, 4.69) is 10.3 Å². The van der Waals surface area contributed by atoms with E-state index < -0.39 is 29.7 Å². The van der Waals surface area contributed by atoms with E-state index in [1.807, 2.05) is 0 Å². The molecule has 2 heterocycles. The van der Waals surface area contributed by atoms with Crippen molar-refractivity contribution in [1.29, 1.82) is 0 Å². The second kappa shape index (κ2) is 7.87. The maximum absolute atomic E-state index is 14.8. The van der Waals surface area contributed by atoms with Gasteiger partial charge in [0.05, 0.1) is 36.1 Å². The van der Waals surface area contributed by atoms with Gasteiger partial charge < -0.3 is 20.1 Å². The number of ether oxygens (including phenoxy) is 1. The van der Waals surface area contributed by atoms with Gasteiger partial charge in [-0.1, -0.05) is 0 Å². The third-order valence-corrected chi connectivity index (χ3v) is 4.59. The van der Waals surface area contributed by atoms with Crippen LogP contribution in [0.1, 0.15) is 32.9 Å². The number of aliphatic hydroxyl groups is 1. The van der Waals surface area contributed by atoms with E-state index >= 15 is 0 Å². The molecule has 0 unspecified atom stereocenters. The normalized spacial score (nSPS) is 20.3. The lowest BCUT2D eigenvalue weighted by atomic mass is 10.0. The number of alkyl halides is 1. The summed E-state index contributed by atoms with van der Waals surface area (Å²) in [5, 5.41) is 12.2. The van der Waals surface area contributed by atoms with Crippen LogP contribution in [0.4, 0.5) is 19.3 Å². The minimum absolute atomic E-state index is 0.0340. The van der Waals surface area contributed by atoms with E-state index in [0.29, 0.717) is 35.2 Å². The molecule has 2 N–H and O–H groups in total. The fourth-order valence-corrected chi connectivity index (χ4v) is 3.30. The van der Waals surface area contributed by atoms with Crippen molar-refractivity contribution in [3.63, 3.8) is 0 Å². The average molecular weight is 393 g/mol. The van der Waals surface area contributed by atoms with Crippen LogP contribution in [-0.4, -0.2) is 47.1 Å². The Morgan fingerprint density at radius 2 is 2.11 bits per heavy atom. The molecule has 1 aromatic carbocycles. The van der Waals surface area contributed by atoms with Gasteiger partial charge in [-0.05, 0) is 51.5 Å². The van der Waals surface area contributed by atoms with Gasteiger partial charge in [0.2, 0.25) is 0 Å². The maximum Gasteiger partial charge on any atom is 0.407 e. The number of carbonyl (C=O) groups excluding carboxylic acids is 1. The van der Waals surface area contributed by atoms with Gasteiger partial charge in [-0.2, -0.15) is 0 Å². The third kappa shape index (κ3) is 4.49. The monoisotopic (exact) mass is 393 g/mol. The summed E-state index contributed by atoms with van der Waals surface area (Å²) in [6.45, 7) is 5.47. The Bertz CT molecular complexity index is 870. The van der Waals surface area contributed by atoms with Crippen molar-refractivity contribution in [2.45, 2.75) is 51.6 Å². The lowest BCUT2D eigenvalue weighted by Gasteiger charge is -2.37. The van der Waals surface area contributed by atoms with Crippen molar-refractivity contribution < 1.29 is 23.4 Å². The zero-order chi connectivity index (χ0) is 20.5. The van der Waals surface area contributed by atoms with Crippen molar-refractivity contribution in [2.24, 2.45) is 0 Å². The molecule has 1 aliphatic heterocycles. The number of nitrogens with one attached hydrogen (secondary N) is 1. The van der Waals surface area contributed by atoms with Gasteiger partial charge in [0, 0.05) is 11.9 Å². The average Bonchev–Trinajstić information content (AvgIpc) is 2.62. The van der Waals surface area contributed by atoms with E-state index in [1.54, 1.807) is 43.9 Å². The Hall–Kier alpha value is -2.48. The van der Waals surface area contributed by atoms with Gasteiger partial charge in [0.25, 0.3) is 0 Å². The highest BCUT2D eigenvalue weighted by molar-refractivity contribution is 5.91. The second-order valence-electron chi connectivity index (χ2n) is 7.93. The molecule has 0 bridgehead atoms. The van der Waals surface area contributed by atoms with Gasteiger partial charge >= 0.3 is 6.09 Å². The molecule has 0 aliphatic carbocycles. The summed E-state index contributed by atoms with van der Waals surface area (Å²) < 4.78 is 34.1. The molecule has 8 heteroatoms. The minimum Gasteiger partial charge on any atom is -0.444 e. The van der Waals surface area contributed by atoms with Crippen LogP contribution in [0, 0.1) is 5.82 Å². The number of anilines is 1. The lowest BCUT2D eigenvalue weighted by Crippen LogP contribution is -2.53. The number of aliphatic hydroxyl groups excluding tert-OH is 1. The van der Waals surface area contributed by atoms with E-state index in [1.165, 1.54) is 6.07 Å². The topological polar surface area (TPSA) is 74.7 Å². The maximum atomic E-state index is 14.8. The summed E-state index contributed by atoms with van der Waals surface area (Å²) in [6, 6.07) is 5.37. The number of amides is 1. The van der Waals surface area contributed by atoms with Crippen LogP contribution >= 0.6 is 0 Å². The Morgan fingerprint density at radius 3 is 2.75 bits per heavy atom. The van der Waals surface area contributed by atoms with Crippen LogP contribution in [0.3, 0.4) is 0 Å². The smallest absolute Gasteiger partial charge is 0.407 e. The van der Waals surface area contributed by atoms with Gasteiger partial charge in [0.1, 0.15) is 17.6 Å². The summed E-state index contributed by atoms with van der Waals surface area (Å²) >= 11 is 0. The molecular formula is C20H25F2N3O3. The van der Waals surface area contributed by atoms with Gasteiger partial charge in [-0.15, -0.1) is 0 Å². The first-order valence-corrected chi connectivity index (χ1v) is 9.25. The Balaban J connectivity index is 1.77. The Morgan fingerprint density at radius 1 is 1.36 bits per heavy atom. The number of pyridine rings is 1. The molecule has 152 valence electrons. The number of fused-ring (bicyclic) bond motifs is 1. The molecule has 6 nitrogen and oxygen atoms in total. The summed E-state index contributed by atoms with van der Waals surface area (Å²) in [6.07, 6.45) is -1.59. The van der Waals surface area contributed by atoms with E-state index in [0.717, 1.165) is 0 Å². The molecule has 1 fully saturated rings. The standard InChI is InChI=1S/C20H25F2N3O3/c1-20(2,3)28-19(27)24-16-8-9-25(10-15(16)22)17-7-6-14(21)13-5-4-12(11-26)23-18(13)17/h4-7,15-16,26H,8-11H2,1-3H3,(H,24,27)/t15-,16+/m0/s1. The highest BCUT2D eigenvalue weighted by Crippen LogP contribution is 2.30. The Labute approximate surface area is 162 Å². The predicted octanol–water partition coefficient (Wildman–Crippen LogP) is 3.31. The highest BCUT2D eigenvalue weighted by atomic mass is 19.1. The van der Waals surface area contributed by atoms with Gasteiger partial charge in [0.15, 0.2) is 0 Å². The number of aromatic nitrogens is 1. The molecular weight excluding hydrogens is 368 g/mol. The Kier molecular flexibility index (Phi) is 5.69. The molecule has 1 saturated heterocycles. The van der Waals surface area contributed by atoms with Crippen LogP contribution < -0.4 is 10.2 Å². The van der Waals surface area contributed by atoms with Crippen LogP contribution in [0.15, 0.2) is 24.3 Å². The summed E-state index contributed by atoms with van der Waals surface area (Å²) in [5.41, 5.74) is 0.750. The number of nitrogens with zero attached hydrogens (tertiary/aromatic N) is 2. The molecule has 2 atom stereocenters. The second-order valence-corrected chi connectivity index (χ2v) is 7.93. The summed E-state index contributed by atoms with van der Waals surface area (Å²) in [5.74, 6) is -0.422. The number of carbonyl (C=O) groups is 1. The molecule has 2 aromatic rings. The fraction of sp³-hybridized carbons (Fsp3) is 0.500. The largest absolute Gasteiger partial charge is 0.444 e. The molecule has 28 heavy (non-hydrogen) atoms. The van der Waals surface area contributed by atoms with Crippen molar-refractivity contribution in [2.75, 3.05) is 18.0 Å². The first kappa shape index (κ1) is 20.3. The quantitative estimate of drug-likeness (QED) is 0.837. The molecule has 1 aromatic heterocycles. The number of alkyl carbamates (subject to hydrolysis) is 1. The van der Waals surface area contributed by atoms with E-state index in [4.69, 9.17) is 4.74 Å². The summed E-state index contributed by atoms with van der Waals surface area (Å²) in [7, 11) is 0. The molecule has 0 saturated carbocycles. The number of rotatable bonds is 3. The SMILES string of the molecule is CC(C)(C)OC(=O)N[C@@H]1CCN(c2ccc(F)c3ccc(CO)nc23)C[C@@H]1F. The number of piperidine rings is 1. The first-order valence-electron chi connectivity index (χ1n) is 9.25. The highest BCUT2D eigenvalue weighted by Gasteiger charge is 2.32. The van der Waals surface area contributed by atoms with Crippen molar-refractivity contribution >= 4 is 22.7 Å². The number of hydrogen-bond donors (Lipinski definition) is 2. The molecule has 0 radical (unpaired) electrons. The number of halogens is 2. The predicted molar refractivity (Wildman–Crippen MR) is 103 cm³/mol. The van der Waals surface area contributed by atoms with Crippen LogP contribution in [0.5, 0.6) is 0 Å². The van der Waals surface area contributed by atoms with Crippen molar-refractivity contribution in [3.8, 4) is 0 Å². The molecule has 1 amide bonds. The zero-order valence-corrected chi connectivity index (χ0v) is 16.2. The van der Waals surface area contributed by atoms with Crippen LogP contribution in [-0.2, 0) is 11.3 Å². The van der Waals surface area contributed by atoms with Crippen LogP contribution in [0.2, 0.25) is 0 Å². The first-order chi connectivity index (χ1) is 13.2. The number of hydrogen-bond acceptors (Lipinski definition) is 5. The third-order valence-electron chi connectivity index (χ3n) is 4.59. The zero-order valence-electron chi connectivity index (χ0n) is 16.2. The van der Waals surface area contributed by atoms with Gasteiger partial charge in [-0.25, -0.2) is 18.6 Å². The lowest BCUT2D eigenvalue weighted by molar-refractivity contribution is 0.0463. The minimum atomic E-state index is -1.32. The molecule has 3 rings (SSSR count). The van der Waals surface area contributed by atoms with Crippen LogP contribution in [0.25, 0.3) is 10.9 Å². The number of benzene rings is 1. The van der Waals surface area contributed by atoms with Crippen molar-refractivity contribution in [3.05, 3.63) is 35.8 Å². The van der Waals surface area contributed by atoms with E-state index in [9.17, 15) is 18.7 Å². The molecule has 1 aliphatic rings. The molecule has 0 spiro atoms. The summed E-state index contributed by atoms with van der Waals surface area (Å²) in [4.78, 5) is 18.0. The van der Waals surface area contributed by atoms with E-state index in [-0.39, 0.29) is 13.2 Å². The fourth-order valence-electron chi connectivity index (χ4n) is 3.30.